The Bertz CT molecular complexity index is 886. The fourth-order valence-electron chi connectivity index (χ4n) is 2.17. The van der Waals surface area contributed by atoms with Gasteiger partial charge in [-0.05, 0) is 18.2 Å². The zero-order chi connectivity index (χ0) is 16.8. The van der Waals surface area contributed by atoms with Crippen LogP contribution in [0.5, 0.6) is 0 Å². The van der Waals surface area contributed by atoms with Crippen molar-refractivity contribution >= 4 is 28.9 Å². The van der Waals surface area contributed by atoms with E-state index in [1.54, 1.807) is 24.5 Å². The summed E-state index contributed by atoms with van der Waals surface area (Å²) in [6, 6.07) is 11.1. The first-order valence-electron chi connectivity index (χ1n) is 7.30. The first kappa shape index (κ1) is 15.4. The maximum absolute atomic E-state index is 11.8. The third-order valence-corrected chi connectivity index (χ3v) is 3.35. The van der Waals surface area contributed by atoms with Gasteiger partial charge in [0.15, 0.2) is 0 Å². The van der Waals surface area contributed by atoms with Gasteiger partial charge >= 0.3 is 0 Å². The summed E-state index contributed by atoms with van der Waals surface area (Å²) in [5.74, 6) is -0.776. The number of benzene rings is 1. The van der Waals surface area contributed by atoms with E-state index in [4.69, 9.17) is 0 Å². The van der Waals surface area contributed by atoms with Gasteiger partial charge in [0.2, 0.25) is 0 Å². The van der Waals surface area contributed by atoms with Gasteiger partial charge in [-0.2, -0.15) is 5.10 Å². The normalized spacial score (nSPS) is 10.8. The molecule has 2 amide bonds. The van der Waals surface area contributed by atoms with Crippen LogP contribution in [0.1, 0.15) is 15.9 Å². The van der Waals surface area contributed by atoms with Gasteiger partial charge in [0.25, 0.3) is 11.8 Å². The lowest BCUT2D eigenvalue weighted by atomic mass is 10.2. The molecule has 0 radical (unpaired) electrons. The number of aromatic nitrogens is 2. The van der Waals surface area contributed by atoms with Crippen LogP contribution in [0.2, 0.25) is 0 Å². The highest BCUT2D eigenvalue weighted by atomic mass is 16.2. The van der Waals surface area contributed by atoms with Gasteiger partial charge in [0.05, 0.1) is 18.3 Å². The highest BCUT2D eigenvalue weighted by molar-refractivity contribution is 5.99. The first-order chi connectivity index (χ1) is 11.7. The summed E-state index contributed by atoms with van der Waals surface area (Å²) in [7, 11) is 0. The SMILES string of the molecule is O=C(CNC(=O)c1cccnc1)N/N=C\c1c[nH]c2ccccc12. The smallest absolute Gasteiger partial charge is 0.259 e. The monoisotopic (exact) mass is 321 g/mol. The molecule has 3 rings (SSSR count). The Kier molecular flexibility index (Phi) is 4.62. The van der Waals surface area contributed by atoms with E-state index in [0.29, 0.717) is 5.56 Å². The number of carbonyl (C=O) groups excluding carboxylic acids is 2. The van der Waals surface area contributed by atoms with Crippen molar-refractivity contribution in [2.75, 3.05) is 6.54 Å². The van der Waals surface area contributed by atoms with Gasteiger partial charge in [0.1, 0.15) is 0 Å². The molecule has 0 saturated heterocycles. The molecule has 0 saturated carbocycles. The van der Waals surface area contributed by atoms with Crippen LogP contribution in [0.15, 0.2) is 60.1 Å². The standard InChI is InChI=1S/C17H15N5O2/c23-16(11-20-17(24)12-4-3-7-18-8-12)22-21-10-13-9-19-15-6-2-1-5-14(13)15/h1-10,19H,11H2,(H,20,24)(H,22,23)/b21-10-. The van der Waals surface area contributed by atoms with Crippen molar-refractivity contribution in [2.45, 2.75) is 0 Å². The van der Waals surface area contributed by atoms with Gasteiger partial charge in [-0.1, -0.05) is 18.2 Å². The van der Waals surface area contributed by atoms with Crippen molar-refractivity contribution in [3.63, 3.8) is 0 Å². The first-order valence-corrected chi connectivity index (χ1v) is 7.30. The molecular weight excluding hydrogens is 306 g/mol. The minimum absolute atomic E-state index is 0.168. The molecule has 3 aromatic rings. The van der Waals surface area contributed by atoms with Gasteiger partial charge in [-0.3, -0.25) is 14.6 Å². The molecule has 24 heavy (non-hydrogen) atoms. The minimum atomic E-state index is -0.414. The fraction of sp³-hybridized carbons (Fsp3) is 0.0588. The predicted molar refractivity (Wildman–Crippen MR) is 90.6 cm³/mol. The predicted octanol–water partition coefficient (Wildman–Crippen LogP) is 1.44. The topological polar surface area (TPSA) is 99.2 Å². The Balaban J connectivity index is 1.51. The zero-order valence-electron chi connectivity index (χ0n) is 12.7. The van der Waals surface area contributed by atoms with Crippen molar-refractivity contribution < 1.29 is 9.59 Å². The number of para-hydroxylation sites is 1. The van der Waals surface area contributed by atoms with Crippen molar-refractivity contribution in [1.29, 1.82) is 0 Å². The summed E-state index contributed by atoms with van der Waals surface area (Å²) in [5, 5.41) is 7.42. The Labute approximate surface area is 137 Å². The van der Waals surface area contributed by atoms with Crippen LogP contribution in [-0.4, -0.2) is 34.5 Å². The zero-order valence-corrected chi connectivity index (χ0v) is 12.7. The molecular formula is C17H15N5O2. The molecule has 0 aliphatic rings. The number of hydrazone groups is 1. The highest BCUT2D eigenvalue weighted by Gasteiger charge is 2.07. The van der Waals surface area contributed by atoms with Gasteiger partial charge in [0, 0.05) is 35.1 Å². The van der Waals surface area contributed by atoms with Crippen LogP contribution in [0.3, 0.4) is 0 Å². The van der Waals surface area contributed by atoms with E-state index in [-0.39, 0.29) is 12.5 Å². The third kappa shape index (κ3) is 3.64. The third-order valence-electron chi connectivity index (χ3n) is 3.35. The molecule has 0 spiro atoms. The van der Waals surface area contributed by atoms with Gasteiger partial charge in [-0.25, -0.2) is 5.43 Å². The van der Waals surface area contributed by atoms with Crippen molar-refractivity contribution in [3.8, 4) is 0 Å². The number of nitrogens with one attached hydrogen (secondary N) is 3. The number of amides is 2. The second kappa shape index (κ2) is 7.19. The second-order valence-electron chi connectivity index (χ2n) is 5.01. The van der Waals surface area contributed by atoms with Crippen LogP contribution in [-0.2, 0) is 4.79 Å². The van der Waals surface area contributed by atoms with E-state index >= 15 is 0 Å². The molecule has 0 aliphatic heterocycles. The van der Waals surface area contributed by atoms with Crippen molar-refractivity contribution in [3.05, 3.63) is 66.1 Å². The van der Waals surface area contributed by atoms with Crippen LogP contribution < -0.4 is 10.7 Å². The van der Waals surface area contributed by atoms with Gasteiger partial charge < -0.3 is 10.3 Å². The molecule has 0 aliphatic carbocycles. The van der Waals surface area contributed by atoms with E-state index in [2.05, 4.69) is 25.8 Å². The number of carbonyl (C=O) groups is 2. The van der Waals surface area contributed by atoms with Crippen LogP contribution >= 0.6 is 0 Å². The van der Waals surface area contributed by atoms with E-state index < -0.39 is 5.91 Å². The summed E-state index contributed by atoms with van der Waals surface area (Å²) < 4.78 is 0. The number of hydrogen-bond acceptors (Lipinski definition) is 4. The maximum atomic E-state index is 11.8. The van der Waals surface area contributed by atoms with Crippen LogP contribution in [0.4, 0.5) is 0 Å². The molecule has 1 aromatic carbocycles. The van der Waals surface area contributed by atoms with Crippen molar-refractivity contribution in [1.82, 2.24) is 20.7 Å². The number of rotatable bonds is 5. The quantitative estimate of drug-likeness (QED) is 0.490. The number of nitrogens with zero attached hydrogens (tertiary/aromatic N) is 2. The highest BCUT2D eigenvalue weighted by Crippen LogP contribution is 2.15. The second-order valence-corrected chi connectivity index (χ2v) is 5.01. The van der Waals surface area contributed by atoms with Crippen LogP contribution in [0.25, 0.3) is 10.9 Å². The Hall–Kier alpha value is -3.48. The molecule has 0 bridgehead atoms. The van der Waals surface area contributed by atoms with E-state index in [1.807, 2.05) is 30.5 Å². The summed E-state index contributed by atoms with van der Waals surface area (Å²) in [6.45, 7) is -0.168. The fourth-order valence-corrected chi connectivity index (χ4v) is 2.17. The summed E-state index contributed by atoms with van der Waals surface area (Å²) in [4.78, 5) is 30.5. The van der Waals surface area contributed by atoms with Crippen molar-refractivity contribution in [2.24, 2.45) is 5.10 Å². The largest absolute Gasteiger partial charge is 0.361 e. The molecule has 7 nitrogen and oxygen atoms in total. The van der Waals surface area contributed by atoms with E-state index in [1.165, 1.54) is 6.20 Å². The molecule has 7 heteroatoms. The number of pyridine rings is 1. The number of fused-ring (bicyclic) bond motifs is 1. The average molecular weight is 321 g/mol. The number of H-pyrrole nitrogens is 1. The lowest BCUT2D eigenvalue weighted by Gasteiger charge is -2.03. The molecule has 0 unspecified atom stereocenters. The minimum Gasteiger partial charge on any atom is -0.361 e. The van der Waals surface area contributed by atoms with E-state index in [0.717, 1.165) is 16.5 Å². The number of hydrogen-bond donors (Lipinski definition) is 3. The summed E-state index contributed by atoms with van der Waals surface area (Å²) in [5.41, 5.74) is 4.64. The molecule has 120 valence electrons. The molecule has 0 fully saturated rings. The lowest BCUT2D eigenvalue weighted by molar-refractivity contribution is -0.120. The Morgan fingerprint density at radius 2 is 2.08 bits per heavy atom. The molecule has 2 heterocycles. The molecule has 3 N–H and O–H groups in total. The maximum Gasteiger partial charge on any atom is 0.259 e. The molecule has 0 atom stereocenters. The van der Waals surface area contributed by atoms with Crippen LogP contribution in [0, 0.1) is 0 Å². The Morgan fingerprint density at radius 3 is 2.92 bits per heavy atom. The lowest BCUT2D eigenvalue weighted by Crippen LogP contribution is -2.34. The summed E-state index contributed by atoms with van der Waals surface area (Å²) in [6.07, 6.45) is 6.37. The van der Waals surface area contributed by atoms with E-state index in [9.17, 15) is 9.59 Å². The number of aromatic amines is 1. The summed E-state index contributed by atoms with van der Waals surface area (Å²) >= 11 is 0. The Morgan fingerprint density at radius 1 is 1.21 bits per heavy atom. The average Bonchev–Trinajstić information content (AvgIpc) is 3.04. The molecule has 2 aromatic heterocycles. The van der Waals surface area contributed by atoms with Gasteiger partial charge in [-0.15, -0.1) is 0 Å².